The number of benzene rings is 2. The molecule has 0 saturated carbocycles. The van der Waals surface area contributed by atoms with Gasteiger partial charge in [-0.3, -0.25) is 14.9 Å². The molecule has 0 aliphatic heterocycles. The third kappa shape index (κ3) is 4.29. The molecule has 0 fully saturated rings. The standard InChI is InChI=1S/C20H20N6O3/c1-2-15-18(19(21)25-20(22)24-15)14-7-8-16(17(9-14)26(28)29)23-10-12-3-5-13(11-27)6-4-12/h3-9,11,23H,2,10H2,1H3,(H4,21,22,24,25). The highest BCUT2D eigenvalue weighted by atomic mass is 16.6. The normalized spacial score (nSPS) is 10.5. The molecule has 1 aromatic heterocycles. The van der Waals surface area contributed by atoms with Crippen molar-refractivity contribution in [3.05, 3.63) is 69.4 Å². The molecule has 2 aromatic carbocycles. The second-order valence-electron chi connectivity index (χ2n) is 6.34. The summed E-state index contributed by atoms with van der Waals surface area (Å²) in [6.07, 6.45) is 1.31. The maximum absolute atomic E-state index is 11.6. The number of aromatic nitrogens is 2. The first kappa shape index (κ1) is 19.7. The van der Waals surface area contributed by atoms with Gasteiger partial charge in [0, 0.05) is 23.7 Å². The van der Waals surface area contributed by atoms with Gasteiger partial charge in [0.1, 0.15) is 17.8 Å². The maximum Gasteiger partial charge on any atom is 0.292 e. The maximum atomic E-state index is 11.6. The van der Waals surface area contributed by atoms with Crippen LogP contribution in [0.2, 0.25) is 0 Å². The van der Waals surface area contributed by atoms with Crippen LogP contribution in [0.1, 0.15) is 28.5 Å². The lowest BCUT2D eigenvalue weighted by atomic mass is 10.0. The molecular weight excluding hydrogens is 372 g/mol. The molecule has 0 amide bonds. The van der Waals surface area contributed by atoms with Gasteiger partial charge in [0.15, 0.2) is 0 Å². The molecule has 9 heteroatoms. The number of rotatable bonds is 7. The third-order valence-corrected chi connectivity index (χ3v) is 4.45. The number of aryl methyl sites for hydroxylation is 1. The molecular formula is C20H20N6O3. The molecule has 0 bridgehead atoms. The Morgan fingerprint density at radius 3 is 2.48 bits per heavy atom. The van der Waals surface area contributed by atoms with E-state index in [1.54, 1.807) is 36.4 Å². The predicted octanol–water partition coefficient (Wildman–Crippen LogP) is 3.20. The van der Waals surface area contributed by atoms with Gasteiger partial charge in [0.05, 0.1) is 10.6 Å². The van der Waals surface area contributed by atoms with Gasteiger partial charge in [0.25, 0.3) is 5.69 Å². The molecule has 0 atom stereocenters. The monoisotopic (exact) mass is 392 g/mol. The van der Waals surface area contributed by atoms with Crippen molar-refractivity contribution >= 4 is 29.4 Å². The summed E-state index contributed by atoms with van der Waals surface area (Å²) in [5, 5.41) is 14.7. The number of hydrogen-bond acceptors (Lipinski definition) is 8. The van der Waals surface area contributed by atoms with E-state index >= 15 is 0 Å². The molecule has 0 radical (unpaired) electrons. The van der Waals surface area contributed by atoms with Crippen LogP contribution in [0.3, 0.4) is 0 Å². The largest absolute Gasteiger partial charge is 0.383 e. The Balaban J connectivity index is 1.93. The summed E-state index contributed by atoms with van der Waals surface area (Å²) in [5.41, 5.74) is 15.1. The zero-order valence-electron chi connectivity index (χ0n) is 15.8. The van der Waals surface area contributed by atoms with Gasteiger partial charge in [-0.15, -0.1) is 0 Å². The lowest BCUT2D eigenvalue weighted by molar-refractivity contribution is -0.383. The van der Waals surface area contributed by atoms with Crippen LogP contribution in [0.15, 0.2) is 42.5 Å². The molecule has 0 aliphatic rings. The van der Waals surface area contributed by atoms with Crippen LogP contribution in [-0.4, -0.2) is 21.2 Å². The van der Waals surface area contributed by atoms with Gasteiger partial charge in [-0.2, -0.15) is 4.98 Å². The smallest absolute Gasteiger partial charge is 0.292 e. The minimum Gasteiger partial charge on any atom is -0.383 e. The van der Waals surface area contributed by atoms with E-state index in [2.05, 4.69) is 15.3 Å². The van der Waals surface area contributed by atoms with Crippen LogP contribution in [-0.2, 0) is 13.0 Å². The Morgan fingerprint density at radius 2 is 1.86 bits per heavy atom. The molecule has 29 heavy (non-hydrogen) atoms. The van der Waals surface area contributed by atoms with E-state index in [1.807, 2.05) is 6.92 Å². The number of nitro groups is 1. The SMILES string of the molecule is CCc1nc(N)nc(N)c1-c1ccc(NCc2ccc(C=O)cc2)c([N+](=O)[O-])c1. The Morgan fingerprint density at radius 1 is 1.14 bits per heavy atom. The fraction of sp³-hybridized carbons (Fsp3) is 0.150. The lowest BCUT2D eigenvalue weighted by Gasteiger charge is -2.13. The van der Waals surface area contributed by atoms with Crippen molar-refractivity contribution < 1.29 is 9.72 Å². The molecule has 0 aliphatic carbocycles. The molecule has 148 valence electrons. The highest BCUT2D eigenvalue weighted by molar-refractivity contribution is 5.81. The number of nitrogens with two attached hydrogens (primary N) is 2. The molecule has 3 aromatic rings. The molecule has 9 nitrogen and oxygen atoms in total. The molecule has 0 unspecified atom stereocenters. The van der Waals surface area contributed by atoms with E-state index in [-0.39, 0.29) is 17.5 Å². The summed E-state index contributed by atoms with van der Waals surface area (Å²) >= 11 is 0. The molecule has 1 heterocycles. The van der Waals surface area contributed by atoms with Crippen molar-refractivity contribution in [2.45, 2.75) is 19.9 Å². The third-order valence-electron chi connectivity index (χ3n) is 4.45. The number of nitrogen functional groups attached to an aromatic ring is 2. The number of nitrogens with one attached hydrogen (secondary N) is 1. The van der Waals surface area contributed by atoms with Crippen molar-refractivity contribution in [1.29, 1.82) is 0 Å². The molecule has 0 saturated heterocycles. The van der Waals surface area contributed by atoms with Crippen LogP contribution in [0.5, 0.6) is 0 Å². The highest BCUT2D eigenvalue weighted by Crippen LogP contribution is 2.35. The number of hydrogen-bond donors (Lipinski definition) is 3. The Bertz CT molecular complexity index is 1070. The lowest BCUT2D eigenvalue weighted by Crippen LogP contribution is -2.07. The first-order valence-corrected chi connectivity index (χ1v) is 8.91. The van der Waals surface area contributed by atoms with Crippen LogP contribution >= 0.6 is 0 Å². The van der Waals surface area contributed by atoms with Crippen molar-refractivity contribution in [2.24, 2.45) is 0 Å². The summed E-state index contributed by atoms with van der Waals surface area (Å²) in [6.45, 7) is 2.26. The summed E-state index contributed by atoms with van der Waals surface area (Å²) in [7, 11) is 0. The molecule has 5 N–H and O–H groups in total. The second-order valence-corrected chi connectivity index (χ2v) is 6.34. The predicted molar refractivity (Wildman–Crippen MR) is 111 cm³/mol. The second kappa shape index (κ2) is 8.34. The Kier molecular flexibility index (Phi) is 5.68. The van der Waals surface area contributed by atoms with E-state index < -0.39 is 4.92 Å². The summed E-state index contributed by atoms with van der Waals surface area (Å²) in [6, 6.07) is 11.8. The van der Waals surface area contributed by atoms with E-state index in [9.17, 15) is 14.9 Å². The quantitative estimate of drug-likeness (QED) is 0.315. The fourth-order valence-electron chi connectivity index (χ4n) is 3.02. The zero-order chi connectivity index (χ0) is 21.0. The van der Waals surface area contributed by atoms with Crippen molar-refractivity contribution in [1.82, 2.24) is 9.97 Å². The number of nitro benzene ring substituents is 1. The first-order valence-electron chi connectivity index (χ1n) is 8.91. The van der Waals surface area contributed by atoms with Gasteiger partial charge >= 0.3 is 0 Å². The van der Waals surface area contributed by atoms with E-state index in [4.69, 9.17) is 11.5 Å². The average Bonchev–Trinajstić information content (AvgIpc) is 2.72. The number of carbonyl (C=O) groups is 1. The van der Waals surface area contributed by atoms with Gasteiger partial charge in [-0.05, 0) is 23.6 Å². The summed E-state index contributed by atoms with van der Waals surface area (Å²) in [5.74, 6) is 0.246. The zero-order valence-corrected chi connectivity index (χ0v) is 15.8. The number of carbonyl (C=O) groups excluding carboxylic acids is 1. The number of nitrogens with zero attached hydrogens (tertiary/aromatic N) is 3. The van der Waals surface area contributed by atoms with Crippen molar-refractivity contribution in [3.63, 3.8) is 0 Å². The van der Waals surface area contributed by atoms with Gasteiger partial charge < -0.3 is 16.8 Å². The Labute approximate surface area is 166 Å². The van der Waals surface area contributed by atoms with E-state index in [0.29, 0.717) is 41.0 Å². The van der Waals surface area contributed by atoms with Gasteiger partial charge in [-0.1, -0.05) is 37.3 Å². The van der Waals surface area contributed by atoms with Crippen LogP contribution in [0, 0.1) is 10.1 Å². The van der Waals surface area contributed by atoms with Crippen molar-refractivity contribution in [3.8, 4) is 11.1 Å². The van der Waals surface area contributed by atoms with Gasteiger partial charge in [-0.25, -0.2) is 4.98 Å². The first-order chi connectivity index (χ1) is 13.9. The highest BCUT2D eigenvalue weighted by Gasteiger charge is 2.19. The molecule has 3 rings (SSSR count). The topological polar surface area (TPSA) is 150 Å². The van der Waals surface area contributed by atoms with E-state index in [1.165, 1.54) is 6.07 Å². The van der Waals surface area contributed by atoms with Crippen LogP contribution < -0.4 is 16.8 Å². The van der Waals surface area contributed by atoms with Crippen LogP contribution in [0.25, 0.3) is 11.1 Å². The fourth-order valence-corrected chi connectivity index (χ4v) is 3.02. The summed E-state index contributed by atoms with van der Waals surface area (Å²) < 4.78 is 0. The minimum atomic E-state index is -0.457. The number of aldehydes is 1. The molecule has 0 spiro atoms. The average molecular weight is 392 g/mol. The van der Waals surface area contributed by atoms with E-state index in [0.717, 1.165) is 11.8 Å². The summed E-state index contributed by atoms with van der Waals surface area (Å²) in [4.78, 5) is 30.1. The minimum absolute atomic E-state index is 0.0662. The van der Waals surface area contributed by atoms with Crippen molar-refractivity contribution in [2.75, 3.05) is 16.8 Å². The Hall–Kier alpha value is -4.01. The van der Waals surface area contributed by atoms with Crippen LogP contribution in [0.4, 0.5) is 23.1 Å². The van der Waals surface area contributed by atoms with Gasteiger partial charge in [0.2, 0.25) is 5.95 Å². The number of anilines is 3.